The topological polar surface area (TPSA) is 38.3 Å². The minimum atomic E-state index is -0.110. The first-order valence-corrected chi connectivity index (χ1v) is 6.01. The van der Waals surface area contributed by atoms with Gasteiger partial charge in [-0.1, -0.05) is 20.8 Å². The molecule has 0 aliphatic carbocycles. The normalized spacial score (nSPS) is 12.6. The van der Waals surface area contributed by atoms with Crippen molar-refractivity contribution in [3.05, 3.63) is 0 Å². The van der Waals surface area contributed by atoms with Crippen LogP contribution in [0, 0.1) is 5.41 Å². The van der Waals surface area contributed by atoms with Crippen LogP contribution in [0.25, 0.3) is 0 Å². The summed E-state index contributed by atoms with van der Waals surface area (Å²) < 4.78 is 5.15. The quantitative estimate of drug-likeness (QED) is 0.737. The molecule has 3 nitrogen and oxygen atoms in total. The third-order valence-corrected chi connectivity index (χ3v) is 2.10. The largest absolute Gasteiger partial charge is 0.466 e. The van der Waals surface area contributed by atoms with E-state index in [1.807, 2.05) is 0 Å². The second-order valence-corrected chi connectivity index (χ2v) is 6.46. The predicted octanol–water partition coefficient (Wildman–Crippen LogP) is 2.74. The Morgan fingerprint density at radius 2 is 1.69 bits per heavy atom. The Morgan fingerprint density at radius 1 is 1.12 bits per heavy atom. The maximum Gasteiger partial charge on any atom is 0.307 e. The summed E-state index contributed by atoms with van der Waals surface area (Å²) in [7, 11) is 0. The van der Waals surface area contributed by atoms with E-state index < -0.39 is 0 Å². The van der Waals surface area contributed by atoms with Crippen LogP contribution in [-0.2, 0) is 9.53 Å². The van der Waals surface area contributed by atoms with Crippen LogP contribution < -0.4 is 5.32 Å². The lowest BCUT2D eigenvalue weighted by molar-refractivity contribution is -0.144. The van der Waals surface area contributed by atoms with Crippen LogP contribution in [0.5, 0.6) is 0 Å². The van der Waals surface area contributed by atoms with Crippen LogP contribution in [0.1, 0.15) is 54.4 Å². The van der Waals surface area contributed by atoms with Crippen molar-refractivity contribution >= 4 is 5.97 Å². The standard InChI is InChI=1S/C13H27NO2/c1-12(2,3)8-10-16-11(15)7-9-14-13(4,5)6/h14H,7-10H2,1-6H3. The molecular weight excluding hydrogens is 202 g/mol. The zero-order valence-corrected chi connectivity index (χ0v) is 11.6. The molecule has 3 heteroatoms. The molecule has 0 spiro atoms. The smallest absolute Gasteiger partial charge is 0.307 e. The molecule has 0 aliphatic rings. The highest BCUT2D eigenvalue weighted by atomic mass is 16.5. The van der Waals surface area contributed by atoms with Gasteiger partial charge in [0.1, 0.15) is 0 Å². The number of nitrogens with one attached hydrogen (secondary N) is 1. The molecule has 0 amide bonds. The third kappa shape index (κ3) is 11.5. The Hall–Kier alpha value is -0.570. The van der Waals surface area contributed by atoms with E-state index in [0.29, 0.717) is 19.6 Å². The molecule has 0 saturated heterocycles. The number of ether oxygens (including phenoxy) is 1. The number of hydrogen-bond donors (Lipinski definition) is 1. The van der Waals surface area contributed by atoms with Crippen LogP contribution >= 0.6 is 0 Å². The fourth-order valence-electron chi connectivity index (χ4n) is 1.08. The van der Waals surface area contributed by atoms with Gasteiger partial charge in [-0.15, -0.1) is 0 Å². The van der Waals surface area contributed by atoms with E-state index in [1.165, 1.54) is 0 Å². The Balaban J connectivity index is 3.53. The maximum atomic E-state index is 11.4. The lowest BCUT2D eigenvalue weighted by Gasteiger charge is -2.20. The molecule has 0 aromatic rings. The van der Waals surface area contributed by atoms with Gasteiger partial charge in [0.05, 0.1) is 13.0 Å². The van der Waals surface area contributed by atoms with E-state index in [2.05, 4.69) is 46.9 Å². The first-order chi connectivity index (χ1) is 7.10. The van der Waals surface area contributed by atoms with Crippen molar-refractivity contribution in [2.75, 3.05) is 13.2 Å². The van der Waals surface area contributed by atoms with Gasteiger partial charge in [0.25, 0.3) is 0 Å². The van der Waals surface area contributed by atoms with E-state index in [1.54, 1.807) is 0 Å². The molecule has 0 radical (unpaired) electrons. The molecule has 0 fully saturated rings. The highest BCUT2D eigenvalue weighted by molar-refractivity contribution is 5.69. The van der Waals surface area contributed by atoms with Crippen molar-refractivity contribution in [2.24, 2.45) is 5.41 Å². The zero-order chi connectivity index (χ0) is 12.8. The zero-order valence-electron chi connectivity index (χ0n) is 11.6. The van der Waals surface area contributed by atoms with Crippen LogP contribution in [-0.4, -0.2) is 24.7 Å². The van der Waals surface area contributed by atoms with Gasteiger partial charge in [-0.05, 0) is 32.6 Å². The summed E-state index contributed by atoms with van der Waals surface area (Å²) in [5.41, 5.74) is 0.287. The highest BCUT2D eigenvalue weighted by Gasteiger charge is 2.12. The highest BCUT2D eigenvalue weighted by Crippen LogP contribution is 2.17. The molecular formula is C13H27NO2. The number of carbonyl (C=O) groups is 1. The summed E-state index contributed by atoms with van der Waals surface area (Å²) in [6.07, 6.45) is 1.35. The molecule has 0 unspecified atom stereocenters. The van der Waals surface area contributed by atoms with Gasteiger partial charge in [-0.2, -0.15) is 0 Å². The summed E-state index contributed by atoms with van der Waals surface area (Å²) in [5, 5.41) is 3.26. The number of rotatable bonds is 5. The van der Waals surface area contributed by atoms with Crippen molar-refractivity contribution in [1.82, 2.24) is 5.32 Å². The second-order valence-electron chi connectivity index (χ2n) is 6.46. The Labute approximate surface area is 99.9 Å². The van der Waals surface area contributed by atoms with E-state index in [0.717, 1.165) is 6.42 Å². The minimum absolute atomic E-state index is 0.0612. The summed E-state index contributed by atoms with van der Waals surface area (Å²) in [5.74, 6) is -0.110. The lowest BCUT2D eigenvalue weighted by Crippen LogP contribution is -2.37. The van der Waals surface area contributed by atoms with E-state index in [4.69, 9.17) is 4.74 Å². The summed E-state index contributed by atoms with van der Waals surface area (Å²) in [4.78, 5) is 11.4. The first kappa shape index (κ1) is 15.4. The monoisotopic (exact) mass is 229 g/mol. The van der Waals surface area contributed by atoms with Crippen molar-refractivity contribution in [2.45, 2.75) is 59.9 Å². The third-order valence-electron chi connectivity index (χ3n) is 2.10. The Kier molecular flexibility index (Phi) is 6.01. The van der Waals surface area contributed by atoms with E-state index >= 15 is 0 Å². The fraction of sp³-hybridized carbons (Fsp3) is 0.923. The van der Waals surface area contributed by atoms with Gasteiger partial charge in [0, 0.05) is 12.1 Å². The molecule has 0 heterocycles. The molecule has 0 rings (SSSR count). The summed E-state index contributed by atoms with van der Waals surface area (Å²) in [6.45, 7) is 13.9. The average molecular weight is 229 g/mol. The molecule has 0 aromatic carbocycles. The molecule has 0 bridgehead atoms. The number of esters is 1. The summed E-state index contributed by atoms with van der Waals surface area (Å²) in [6, 6.07) is 0. The van der Waals surface area contributed by atoms with E-state index in [-0.39, 0.29) is 16.9 Å². The molecule has 0 atom stereocenters. The van der Waals surface area contributed by atoms with Crippen molar-refractivity contribution in [1.29, 1.82) is 0 Å². The van der Waals surface area contributed by atoms with E-state index in [9.17, 15) is 4.79 Å². The van der Waals surface area contributed by atoms with Crippen LogP contribution in [0.3, 0.4) is 0 Å². The molecule has 16 heavy (non-hydrogen) atoms. The van der Waals surface area contributed by atoms with Crippen LogP contribution in [0.4, 0.5) is 0 Å². The molecule has 96 valence electrons. The SMILES string of the molecule is CC(C)(C)CCOC(=O)CCNC(C)(C)C. The number of hydrogen-bond acceptors (Lipinski definition) is 3. The average Bonchev–Trinajstić information content (AvgIpc) is 1.98. The van der Waals surface area contributed by atoms with Gasteiger partial charge in [0.2, 0.25) is 0 Å². The lowest BCUT2D eigenvalue weighted by atomic mass is 9.93. The van der Waals surface area contributed by atoms with Gasteiger partial charge in [-0.25, -0.2) is 0 Å². The molecule has 1 N–H and O–H groups in total. The van der Waals surface area contributed by atoms with Crippen LogP contribution in [0.2, 0.25) is 0 Å². The second kappa shape index (κ2) is 6.24. The van der Waals surface area contributed by atoms with Gasteiger partial charge in [0.15, 0.2) is 0 Å². The van der Waals surface area contributed by atoms with Gasteiger partial charge >= 0.3 is 5.97 Å². The van der Waals surface area contributed by atoms with Crippen LogP contribution in [0.15, 0.2) is 0 Å². The first-order valence-electron chi connectivity index (χ1n) is 6.01. The maximum absolute atomic E-state index is 11.4. The molecule has 0 aliphatic heterocycles. The van der Waals surface area contributed by atoms with Crippen molar-refractivity contribution in [3.8, 4) is 0 Å². The Bertz CT molecular complexity index is 189. The number of carbonyl (C=O) groups excluding carboxylic acids is 1. The summed E-state index contributed by atoms with van der Waals surface area (Å²) >= 11 is 0. The molecule has 0 saturated carbocycles. The fourth-order valence-corrected chi connectivity index (χ4v) is 1.08. The predicted molar refractivity (Wildman–Crippen MR) is 67.4 cm³/mol. The van der Waals surface area contributed by atoms with Crippen molar-refractivity contribution in [3.63, 3.8) is 0 Å². The van der Waals surface area contributed by atoms with Gasteiger partial charge < -0.3 is 10.1 Å². The van der Waals surface area contributed by atoms with Crippen molar-refractivity contribution < 1.29 is 9.53 Å². The molecule has 0 aromatic heterocycles. The van der Waals surface area contributed by atoms with Gasteiger partial charge in [-0.3, -0.25) is 4.79 Å². The Morgan fingerprint density at radius 3 is 2.12 bits per heavy atom. The minimum Gasteiger partial charge on any atom is -0.466 e.